The van der Waals surface area contributed by atoms with Crippen LogP contribution in [0.15, 0.2) is 24.3 Å². The minimum atomic E-state index is -0.827. The lowest BCUT2D eigenvalue weighted by Crippen LogP contribution is -2.48. The lowest BCUT2D eigenvalue weighted by atomic mass is 10.1. The summed E-state index contributed by atoms with van der Waals surface area (Å²) in [7, 11) is 0. The number of hydrogen-bond acceptors (Lipinski definition) is 3. The SMILES string of the molecule is CC1COCCN1C(=O)Nc1cccc(CCC(=O)O)c1. The van der Waals surface area contributed by atoms with Crippen LogP contribution in [0.4, 0.5) is 10.5 Å². The first-order chi connectivity index (χ1) is 10.1. The van der Waals surface area contributed by atoms with Crippen LogP contribution < -0.4 is 5.32 Å². The third-order valence-electron chi connectivity index (χ3n) is 3.43. The Morgan fingerprint density at radius 2 is 2.29 bits per heavy atom. The van der Waals surface area contributed by atoms with Gasteiger partial charge in [0.05, 0.1) is 19.3 Å². The normalized spacial score (nSPS) is 18.3. The number of anilines is 1. The number of rotatable bonds is 4. The van der Waals surface area contributed by atoms with Crippen LogP contribution in [-0.2, 0) is 16.0 Å². The molecule has 2 N–H and O–H groups in total. The molecule has 0 spiro atoms. The fraction of sp³-hybridized carbons (Fsp3) is 0.467. The molecule has 0 aliphatic carbocycles. The number of carbonyl (C=O) groups is 2. The lowest BCUT2D eigenvalue weighted by molar-refractivity contribution is -0.136. The molecule has 0 bridgehead atoms. The van der Waals surface area contributed by atoms with Gasteiger partial charge < -0.3 is 20.1 Å². The van der Waals surface area contributed by atoms with E-state index in [0.29, 0.717) is 31.9 Å². The summed E-state index contributed by atoms with van der Waals surface area (Å²) in [6, 6.07) is 7.18. The zero-order chi connectivity index (χ0) is 15.2. The van der Waals surface area contributed by atoms with Gasteiger partial charge in [-0.1, -0.05) is 12.1 Å². The van der Waals surface area contributed by atoms with Gasteiger partial charge in [-0.05, 0) is 31.0 Å². The number of urea groups is 1. The molecule has 6 heteroatoms. The Kier molecular flexibility index (Phi) is 5.16. The number of carboxylic acids is 1. The van der Waals surface area contributed by atoms with E-state index in [2.05, 4.69) is 5.32 Å². The quantitative estimate of drug-likeness (QED) is 0.889. The molecule has 0 radical (unpaired) electrons. The number of carbonyl (C=O) groups excluding carboxylic acids is 1. The zero-order valence-electron chi connectivity index (χ0n) is 12.0. The van der Waals surface area contributed by atoms with Crippen molar-refractivity contribution < 1.29 is 19.4 Å². The van der Waals surface area contributed by atoms with E-state index in [1.54, 1.807) is 11.0 Å². The largest absolute Gasteiger partial charge is 0.481 e. The molecule has 1 aliphatic rings. The van der Waals surface area contributed by atoms with Crippen LogP contribution in [-0.4, -0.2) is 47.8 Å². The summed E-state index contributed by atoms with van der Waals surface area (Å²) in [6.45, 7) is 3.62. The molecule has 1 heterocycles. The van der Waals surface area contributed by atoms with E-state index in [1.165, 1.54) is 0 Å². The molecule has 0 aromatic heterocycles. The molecular weight excluding hydrogens is 272 g/mol. The third kappa shape index (κ3) is 4.46. The van der Waals surface area contributed by atoms with Gasteiger partial charge in [0, 0.05) is 18.7 Å². The van der Waals surface area contributed by atoms with Crippen molar-refractivity contribution in [3.8, 4) is 0 Å². The molecule has 0 saturated carbocycles. The number of ether oxygens (including phenoxy) is 1. The smallest absolute Gasteiger partial charge is 0.322 e. The fourth-order valence-corrected chi connectivity index (χ4v) is 2.28. The van der Waals surface area contributed by atoms with E-state index in [1.807, 2.05) is 25.1 Å². The highest BCUT2D eigenvalue weighted by Gasteiger charge is 2.23. The molecule has 114 valence electrons. The third-order valence-corrected chi connectivity index (χ3v) is 3.43. The molecule has 2 amide bonds. The highest BCUT2D eigenvalue weighted by Crippen LogP contribution is 2.15. The van der Waals surface area contributed by atoms with Gasteiger partial charge in [0.1, 0.15) is 0 Å². The Hall–Kier alpha value is -2.08. The van der Waals surface area contributed by atoms with Crippen LogP contribution in [0.1, 0.15) is 18.9 Å². The zero-order valence-corrected chi connectivity index (χ0v) is 12.0. The second kappa shape index (κ2) is 7.08. The molecule has 1 saturated heterocycles. The number of hydrogen-bond donors (Lipinski definition) is 2. The van der Waals surface area contributed by atoms with E-state index < -0.39 is 5.97 Å². The van der Waals surface area contributed by atoms with Crippen molar-refractivity contribution in [1.82, 2.24) is 4.90 Å². The first-order valence-electron chi connectivity index (χ1n) is 7.02. The Balaban J connectivity index is 1.97. The maximum absolute atomic E-state index is 12.2. The number of morpholine rings is 1. The van der Waals surface area contributed by atoms with Crippen molar-refractivity contribution in [2.24, 2.45) is 0 Å². The van der Waals surface area contributed by atoms with Gasteiger partial charge in [-0.25, -0.2) is 4.79 Å². The van der Waals surface area contributed by atoms with Gasteiger partial charge in [-0.2, -0.15) is 0 Å². The Bertz CT molecular complexity index is 518. The standard InChI is InChI=1S/C15H20N2O4/c1-11-10-21-8-7-17(11)15(20)16-13-4-2-3-12(9-13)5-6-14(18)19/h2-4,9,11H,5-8,10H2,1H3,(H,16,20)(H,18,19). The lowest BCUT2D eigenvalue weighted by Gasteiger charge is -2.33. The van der Waals surface area contributed by atoms with Crippen molar-refractivity contribution in [1.29, 1.82) is 0 Å². The second-order valence-electron chi connectivity index (χ2n) is 5.14. The minimum absolute atomic E-state index is 0.0499. The van der Waals surface area contributed by atoms with Gasteiger partial charge >= 0.3 is 12.0 Å². The van der Waals surface area contributed by atoms with Gasteiger partial charge in [0.25, 0.3) is 0 Å². The highest BCUT2D eigenvalue weighted by molar-refractivity contribution is 5.89. The maximum atomic E-state index is 12.2. The molecular formula is C15H20N2O4. The van der Waals surface area contributed by atoms with Crippen LogP contribution in [0, 0.1) is 0 Å². The molecule has 1 atom stereocenters. The first-order valence-corrected chi connectivity index (χ1v) is 7.02. The summed E-state index contributed by atoms with van der Waals surface area (Å²) in [5, 5.41) is 11.6. The molecule has 21 heavy (non-hydrogen) atoms. The number of nitrogens with zero attached hydrogens (tertiary/aromatic N) is 1. The highest BCUT2D eigenvalue weighted by atomic mass is 16.5. The Labute approximate surface area is 123 Å². The first kappa shape index (κ1) is 15.3. The van der Waals surface area contributed by atoms with E-state index >= 15 is 0 Å². The molecule has 2 rings (SSSR count). The van der Waals surface area contributed by atoms with Crippen molar-refractivity contribution in [2.45, 2.75) is 25.8 Å². The van der Waals surface area contributed by atoms with Crippen LogP contribution in [0.5, 0.6) is 0 Å². The number of benzene rings is 1. The van der Waals surface area contributed by atoms with Crippen LogP contribution >= 0.6 is 0 Å². The van der Waals surface area contributed by atoms with Crippen LogP contribution in [0.2, 0.25) is 0 Å². The number of amides is 2. The summed E-state index contributed by atoms with van der Waals surface area (Å²) >= 11 is 0. The molecule has 1 aliphatic heterocycles. The maximum Gasteiger partial charge on any atom is 0.322 e. The summed E-state index contributed by atoms with van der Waals surface area (Å²) in [5.74, 6) is -0.827. The number of nitrogens with one attached hydrogen (secondary N) is 1. The molecule has 1 aromatic carbocycles. The van der Waals surface area contributed by atoms with E-state index in [9.17, 15) is 9.59 Å². The predicted octanol–water partition coefficient (Wildman–Crippen LogP) is 1.96. The number of carboxylic acid groups (broad SMARTS) is 1. The van der Waals surface area contributed by atoms with E-state index in [0.717, 1.165) is 5.56 Å². The summed E-state index contributed by atoms with van der Waals surface area (Å²) < 4.78 is 5.31. The van der Waals surface area contributed by atoms with Crippen LogP contribution in [0.25, 0.3) is 0 Å². The number of aliphatic carboxylic acids is 1. The summed E-state index contributed by atoms with van der Waals surface area (Å²) in [5.41, 5.74) is 1.58. The van der Waals surface area contributed by atoms with Crippen molar-refractivity contribution in [3.63, 3.8) is 0 Å². The molecule has 1 unspecified atom stereocenters. The van der Waals surface area contributed by atoms with Gasteiger partial charge in [0.15, 0.2) is 0 Å². The average molecular weight is 292 g/mol. The molecule has 6 nitrogen and oxygen atoms in total. The topological polar surface area (TPSA) is 78.9 Å². The van der Waals surface area contributed by atoms with Crippen molar-refractivity contribution >= 4 is 17.7 Å². The van der Waals surface area contributed by atoms with Crippen molar-refractivity contribution in [2.75, 3.05) is 25.1 Å². The van der Waals surface area contributed by atoms with E-state index in [-0.39, 0.29) is 18.5 Å². The fourth-order valence-electron chi connectivity index (χ4n) is 2.28. The van der Waals surface area contributed by atoms with E-state index in [4.69, 9.17) is 9.84 Å². The summed E-state index contributed by atoms with van der Waals surface area (Å²) in [6.07, 6.45) is 0.533. The Morgan fingerprint density at radius 1 is 1.48 bits per heavy atom. The van der Waals surface area contributed by atoms with Gasteiger partial charge in [-0.3, -0.25) is 4.79 Å². The minimum Gasteiger partial charge on any atom is -0.481 e. The predicted molar refractivity (Wildman–Crippen MR) is 78.4 cm³/mol. The second-order valence-corrected chi connectivity index (χ2v) is 5.14. The van der Waals surface area contributed by atoms with Gasteiger partial charge in [-0.15, -0.1) is 0 Å². The molecule has 1 aromatic rings. The monoisotopic (exact) mass is 292 g/mol. The Morgan fingerprint density at radius 3 is 3.00 bits per heavy atom. The summed E-state index contributed by atoms with van der Waals surface area (Å²) in [4.78, 5) is 24.6. The number of aryl methyl sites for hydroxylation is 1. The van der Waals surface area contributed by atoms with Crippen molar-refractivity contribution in [3.05, 3.63) is 29.8 Å². The average Bonchev–Trinajstić information content (AvgIpc) is 2.46. The van der Waals surface area contributed by atoms with Gasteiger partial charge in [0.2, 0.25) is 0 Å². The van der Waals surface area contributed by atoms with Crippen LogP contribution in [0.3, 0.4) is 0 Å². The molecule has 1 fully saturated rings.